The van der Waals surface area contributed by atoms with E-state index in [9.17, 15) is 0 Å². The summed E-state index contributed by atoms with van der Waals surface area (Å²) < 4.78 is 4.41. The van der Waals surface area contributed by atoms with Crippen LogP contribution in [0.15, 0.2) is 24.8 Å². The van der Waals surface area contributed by atoms with E-state index in [1.807, 2.05) is 24.8 Å². The van der Waals surface area contributed by atoms with Crippen molar-refractivity contribution < 1.29 is 0 Å². The van der Waals surface area contributed by atoms with Gasteiger partial charge in [0.05, 0.1) is 0 Å². The van der Waals surface area contributed by atoms with Crippen LogP contribution in [-0.4, -0.2) is 19.1 Å². The normalized spacial score (nSPS) is 11.0. The summed E-state index contributed by atoms with van der Waals surface area (Å²) in [6.07, 6.45) is 12.6. The van der Waals surface area contributed by atoms with Crippen molar-refractivity contribution in [1.29, 1.82) is 0 Å². The van der Waals surface area contributed by atoms with Crippen LogP contribution < -0.4 is 0 Å². The molecule has 0 radical (unpaired) electrons. The minimum absolute atomic E-state index is 0.990. The minimum atomic E-state index is 0.990. The summed E-state index contributed by atoms with van der Waals surface area (Å²) in [5.41, 5.74) is 0. The average molecular weight is 246 g/mol. The van der Waals surface area contributed by atoms with Gasteiger partial charge in [-0.05, 0) is 12.8 Å². The third kappa shape index (κ3) is 2.81. The number of nitrogens with zero attached hydrogens (tertiary/aromatic N) is 4. The van der Waals surface area contributed by atoms with Crippen LogP contribution in [0, 0.1) is 0 Å². The molecule has 4 heteroatoms. The van der Waals surface area contributed by atoms with Gasteiger partial charge in [-0.25, -0.2) is 9.97 Å². The SMILES string of the molecule is CCCCn1ccnc1-c1nccn1CCCC. The molecule has 18 heavy (non-hydrogen) atoms. The Bertz CT molecular complexity index is 425. The molecule has 2 aromatic rings. The van der Waals surface area contributed by atoms with Crippen LogP contribution in [0.4, 0.5) is 0 Å². The van der Waals surface area contributed by atoms with E-state index in [0.717, 1.165) is 24.7 Å². The first-order chi connectivity index (χ1) is 8.86. The Balaban J connectivity index is 2.20. The third-order valence-electron chi connectivity index (χ3n) is 3.14. The van der Waals surface area contributed by atoms with E-state index >= 15 is 0 Å². The van der Waals surface area contributed by atoms with Crippen LogP contribution >= 0.6 is 0 Å². The molecule has 0 amide bonds. The number of unbranched alkanes of at least 4 members (excludes halogenated alkanes) is 2. The van der Waals surface area contributed by atoms with Crippen LogP contribution in [0.3, 0.4) is 0 Å². The van der Waals surface area contributed by atoms with E-state index < -0.39 is 0 Å². The molecule has 98 valence electrons. The van der Waals surface area contributed by atoms with Crippen molar-refractivity contribution in [3.8, 4) is 11.6 Å². The van der Waals surface area contributed by atoms with Gasteiger partial charge in [0.2, 0.25) is 0 Å². The topological polar surface area (TPSA) is 35.6 Å². The summed E-state index contributed by atoms with van der Waals surface area (Å²) in [5, 5.41) is 0. The molecule has 2 rings (SSSR count). The number of imidazole rings is 2. The fraction of sp³-hybridized carbons (Fsp3) is 0.571. The van der Waals surface area contributed by atoms with Crippen LogP contribution in [0.5, 0.6) is 0 Å². The Kier molecular flexibility index (Phi) is 4.56. The van der Waals surface area contributed by atoms with Gasteiger partial charge in [0.15, 0.2) is 11.6 Å². The molecule has 0 aliphatic rings. The zero-order valence-corrected chi connectivity index (χ0v) is 11.3. The third-order valence-corrected chi connectivity index (χ3v) is 3.14. The van der Waals surface area contributed by atoms with Crippen LogP contribution in [-0.2, 0) is 13.1 Å². The van der Waals surface area contributed by atoms with Gasteiger partial charge in [0, 0.05) is 37.9 Å². The van der Waals surface area contributed by atoms with Crippen LogP contribution in [0.1, 0.15) is 39.5 Å². The van der Waals surface area contributed by atoms with Crippen LogP contribution in [0.2, 0.25) is 0 Å². The molecule has 0 N–H and O–H groups in total. The van der Waals surface area contributed by atoms with Gasteiger partial charge >= 0.3 is 0 Å². The molecule has 0 saturated carbocycles. The lowest BCUT2D eigenvalue weighted by Crippen LogP contribution is -2.05. The van der Waals surface area contributed by atoms with Gasteiger partial charge in [0.1, 0.15) is 0 Å². The predicted octanol–water partition coefficient (Wildman–Crippen LogP) is 3.35. The number of aryl methyl sites for hydroxylation is 2. The average Bonchev–Trinajstić information content (AvgIpc) is 3.01. The summed E-state index contributed by atoms with van der Waals surface area (Å²) in [6.45, 7) is 6.45. The monoisotopic (exact) mass is 246 g/mol. The number of hydrogen-bond donors (Lipinski definition) is 0. The highest BCUT2D eigenvalue weighted by Gasteiger charge is 2.11. The highest BCUT2D eigenvalue weighted by molar-refractivity contribution is 5.44. The predicted molar refractivity (Wildman–Crippen MR) is 73.3 cm³/mol. The largest absolute Gasteiger partial charge is 0.328 e. The molecular weight excluding hydrogens is 224 g/mol. The molecule has 2 aromatic heterocycles. The first kappa shape index (κ1) is 12.9. The maximum Gasteiger partial charge on any atom is 0.176 e. The van der Waals surface area contributed by atoms with Crippen molar-refractivity contribution in [3.63, 3.8) is 0 Å². The molecule has 0 aliphatic heterocycles. The van der Waals surface area contributed by atoms with Crippen molar-refractivity contribution in [2.75, 3.05) is 0 Å². The number of hydrogen-bond acceptors (Lipinski definition) is 2. The molecule has 0 spiro atoms. The standard InChI is InChI=1S/C14H22N4/c1-3-5-9-17-11-7-15-13(17)14-16-8-12-18(14)10-6-4-2/h7-8,11-12H,3-6,9-10H2,1-2H3. The Hall–Kier alpha value is -1.58. The lowest BCUT2D eigenvalue weighted by Gasteiger charge is -2.09. The Morgan fingerprint density at radius 3 is 1.67 bits per heavy atom. The van der Waals surface area contributed by atoms with Crippen molar-refractivity contribution in [2.24, 2.45) is 0 Å². The molecule has 4 nitrogen and oxygen atoms in total. The Morgan fingerprint density at radius 2 is 1.28 bits per heavy atom. The van der Waals surface area contributed by atoms with E-state index in [-0.39, 0.29) is 0 Å². The van der Waals surface area contributed by atoms with Crippen molar-refractivity contribution in [1.82, 2.24) is 19.1 Å². The van der Waals surface area contributed by atoms with E-state index in [2.05, 4.69) is 32.9 Å². The lowest BCUT2D eigenvalue weighted by molar-refractivity contribution is 0.613. The summed E-state index contributed by atoms with van der Waals surface area (Å²) in [6, 6.07) is 0. The Labute approximate surface area is 109 Å². The smallest absolute Gasteiger partial charge is 0.176 e. The fourth-order valence-corrected chi connectivity index (χ4v) is 2.05. The second-order valence-corrected chi connectivity index (χ2v) is 4.60. The number of rotatable bonds is 7. The van der Waals surface area contributed by atoms with Crippen molar-refractivity contribution in [3.05, 3.63) is 24.8 Å². The number of aromatic nitrogens is 4. The molecule has 0 fully saturated rings. The fourth-order valence-electron chi connectivity index (χ4n) is 2.05. The molecule has 2 heterocycles. The summed E-state index contributed by atoms with van der Waals surface area (Å²) in [4.78, 5) is 8.92. The van der Waals surface area contributed by atoms with E-state index in [1.54, 1.807) is 0 Å². The molecular formula is C14H22N4. The van der Waals surface area contributed by atoms with Crippen LogP contribution in [0.25, 0.3) is 11.6 Å². The molecule has 0 saturated heterocycles. The Morgan fingerprint density at radius 1 is 0.833 bits per heavy atom. The highest BCUT2D eigenvalue weighted by Crippen LogP contribution is 2.16. The van der Waals surface area contributed by atoms with Crippen molar-refractivity contribution in [2.45, 2.75) is 52.6 Å². The summed E-state index contributed by atoms with van der Waals surface area (Å²) in [7, 11) is 0. The van der Waals surface area contributed by atoms with E-state index in [1.165, 1.54) is 25.7 Å². The molecule has 0 unspecified atom stereocenters. The lowest BCUT2D eigenvalue weighted by atomic mass is 10.3. The molecule has 0 atom stereocenters. The molecule has 0 aromatic carbocycles. The maximum absolute atomic E-state index is 4.46. The maximum atomic E-state index is 4.46. The molecule has 0 aliphatic carbocycles. The quantitative estimate of drug-likeness (QED) is 0.751. The summed E-state index contributed by atoms with van der Waals surface area (Å²) in [5.74, 6) is 1.98. The highest BCUT2D eigenvalue weighted by atomic mass is 15.2. The minimum Gasteiger partial charge on any atom is -0.328 e. The first-order valence-electron chi connectivity index (χ1n) is 6.89. The van der Waals surface area contributed by atoms with Gasteiger partial charge in [-0.1, -0.05) is 26.7 Å². The van der Waals surface area contributed by atoms with Gasteiger partial charge in [0.25, 0.3) is 0 Å². The first-order valence-corrected chi connectivity index (χ1v) is 6.89. The van der Waals surface area contributed by atoms with Gasteiger partial charge in [-0.3, -0.25) is 0 Å². The summed E-state index contributed by atoms with van der Waals surface area (Å²) >= 11 is 0. The second kappa shape index (κ2) is 6.38. The van der Waals surface area contributed by atoms with Gasteiger partial charge in [-0.15, -0.1) is 0 Å². The van der Waals surface area contributed by atoms with Gasteiger partial charge < -0.3 is 9.13 Å². The van der Waals surface area contributed by atoms with E-state index in [4.69, 9.17) is 0 Å². The van der Waals surface area contributed by atoms with E-state index in [0.29, 0.717) is 0 Å². The van der Waals surface area contributed by atoms with Crippen molar-refractivity contribution >= 4 is 0 Å². The second-order valence-electron chi connectivity index (χ2n) is 4.60. The zero-order chi connectivity index (χ0) is 12.8. The van der Waals surface area contributed by atoms with Gasteiger partial charge in [-0.2, -0.15) is 0 Å². The molecule has 0 bridgehead atoms. The zero-order valence-electron chi connectivity index (χ0n) is 11.3.